The van der Waals surface area contributed by atoms with Crippen molar-refractivity contribution in [2.45, 2.75) is 68.5 Å². The number of sulfonamides is 1. The van der Waals surface area contributed by atoms with Crippen LogP contribution in [0.15, 0.2) is 59.5 Å². The predicted octanol–water partition coefficient (Wildman–Crippen LogP) is 5.05. The van der Waals surface area contributed by atoms with Crippen molar-refractivity contribution in [2.24, 2.45) is 0 Å². The lowest BCUT2D eigenvalue weighted by molar-refractivity contribution is 0.0479. The summed E-state index contributed by atoms with van der Waals surface area (Å²) in [6, 6.07) is 16.4. The molecule has 0 radical (unpaired) electrons. The molecule has 0 aliphatic carbocycles. The Labute approximate surface area is 226 Å². The van der Waals surface area contributed by atoms with Crippen LogP contribution in [0.2, 0.25) is 5.02 Å². The summed E-state index contributed by atoms with van der Waals surface area (Å²) < 4.78 is 34.2. The van der Waals surface area contributed by atoms with Crippen LogP contribution < -0.4 is 0 Å². The van der Waals surface area contributed by atoms with Gasteiger partial charge in [-0.05, 0) is 75.9 Å². The summed E-state index contributed by atoms with van der Waals surface area (Å²) in [5, 5.41) is 0.488. The molecule has 2 fully saturated rings. The molecule has 37 heavy (non-hydrogen) atoms. The maximum Gasteiger partial charge on any atom is 0.409 e. The Balaban J connectivity index is 1.34. The van der Waals surface area contributed by atoms with E-state index in [0.29, 0.717) is 24.5 Å². The normalized spacial score (nSPS) is 23.2. The number of piperidine rings is 2. The van der Waals surface area contributed by atoms with Crippen molar-refractivity contribution in [2.75, 3.05) is 33.3 Å². The highest BCUT2D eigenvalue weighted by Crippen LogP contribution is 2.30. The zero-order valence-corrected chi connectivity index (χ0v) is 23.3. The van der Waals surface area contributed by atoms with Crippen LogP contribution in [0, 0.1) is 0 Å². The molecule has 2 aromatic carbocycles. The number of carbonyl (C=O) groups excluding carboxylic acids is 1. The zero-order chi connectivity index (χ0) is 26.4. The number of benzene rings is 2. The van der Waals surface area contributed by atoms with E-state index in [2.05, 4.69) is 36.2 Å². The van der Waals surface area contributed by atoms with Gasteiger partial charge in [-0.1, -0.05) is 48.4 Å². The molecule has 7 nitrogen and oxygen atoms in total. The number of likely N-dealkylation sites (tertiary alicyclic amines) is 1. The lowest BCUT2D eigenvalue weighted by Crippen LogP contribution is -2.52. The molecule has 3 atom stereocenters. The lowest BCUT2D eigenvalue weighted by Gasteiger charge is -2.40. The van der Waals surface area contributed by atoms with Gasteiger partial charge in [-0.3, -0.25) is 0 Å². The molecular weight excluding hydrogens is 510 g/mol. The number of nitrogens with zero attached hydrogens (tertiary/aromatic N) is 3. The van der Waals surface area contributed by atoms with Crippen molar-refractivity contribution in [3.8, 4) is 0 Å². The van der Waals surface area contributed by atoms with Gasteiger partial charge in [-0.2, -0.15) is 4.31 Å². The Morgan fingerprint density at radius 2 is 1.78 bits per heavy atom. The molecule has 1 amide bonds. The SMILES string of the molecule is C[C@@H]1CCC[C@H](COC(=O)N2CCCC(N(C)CCc3ccccc3)C2)N1S(=O)(=O)c1ccc(Cl)cc1. The minimum Gasteiger partial charge on any atom is -0.448 e. The van der Waals surface area contributed by atoms with Gasteiger partial charge in [0.1, 0.15) is 6.61 Å². The maximum absolute atomic E-state index is 13.5. The van der Waals surface area contributed by atoms with Gasteiger partial charge < -0.3 is 14.5 Å². The molecule has 0 aromatic heterocycles. The minimum absolute atomic E-state index is 0.0566. The second-order valence-corrected chi connectivity index (χ2v) is 12.5. The standard InChI is InChI=1S/C28H38ClN3O4S/c1-22-8-6-11-26(32(22)37(34,35)27-15-13-24(29)14-16-27)21-36-28(33)31-18-7-12-25(20-31)30(2)19-17-23-9-4-3-5-10-23/h3-5,9-10,13-16,22,25-26H,6-8,11-12,17-21H2,1-2H3/t22-,25?,26-/m1/s1. The molecule has 0 N–H and O–H groups in total. The summed E-state index contributed by atoms with van der Waals surface area (Å²) in [4.78, 5) is 17.3. The fourth-order valence-corrected chi connectivity index (χ4v) is 7.44. The smallest absolute Gasteiger partial charge is 0.409 e. The molecule has 2 heterocycles. The van der Waals surface area contributed by atoms with Crippen molar-refractivity contribution in [1.82, 2.24) is 14.1 Å². The molecule has 2 aliphatic rings. The summed E-state index contributed by atoms with van der Waals surface area (Å²) in [6.07, 6.45) is 4.91. The van der Waals surface area contributed by atoms with E-state index in [0.717, 1.165) is 38.6 Å². The van der Waals surface area contributed by atoms with Gasteiger partial charge in [-0.25, -0.2) is 13.2 Å². The summed E-state index contributed by atoms with van der Waals surface area (Å²) in [7, 11) is -1.62. The fraction of sp³-hybridized carbons (Fsp3) is 0.536. The highest BCUT2D eigenvalue weighted by molar-refractivity contribution is 7.89. The summed E-state index contributed by atoms with van der Waals surface area (Å²) in [5.41, 5.74) is 1.31. The number of ether oxygens (including phenoxy) is 1. The van der Waals surface area contributed by atoms with E-state index in [4.69, 9.17) is 16.3 Å². The monoisotopic (exact) mass is 547 g/mol. The van der Waals surface area contributed by atoms with Crippen LogP contribution in [0.3, 0.4) is 0 Å². The first kappa shape index (κ1) is 27.9. The van der Waals surface area contributed by atoms with Crippen molar-refractivity contribution in [3.63, 3.8) is 0 Å². The number of amides is 1. The van der Waals surface area contributed by atoms with Crippen LogP contribution in [0.25, 0.3) is 0 Å². The molecule has 9 heteroatoms. The van der Waals surface area contributed by atoms with E-state index >= 15 is 0 Å². The van der Waals surface area contributed by atoms with Crippen LogP contribution in [0.1, 0.15) is 44.6 Å². The Kier molecular flexibility index (Phi) is 9.51. The highest BCUT2D eigenvalue weighted by Gasteiger charge is 2.39. The maximum atomic E-state index is 13.5. The first-order chi connectivity index (χ1) is 17.8. The molecule has 1 unspecified atom stereocenters. The highest BCUT2D eigenvalue weighted by atomic mass is 35.5. The largest absolute Gasteiger partial charge is 0.448 e. The molecule has 0 bridgehead atoms. The topological polar surface area (TPSA) is 70.2 Å². The van der Waals surface area contributed by atoms with Crippen molar-refractivity contribution in [3.05, 3.63) is 65.2 Å². The van der Waals surface area contributed by atoms with Gasteiger partial charge in [0.25, 0.3) is 0 Å². The lowest BCUT2D eigenvalue weighted by atomic mass is 10.0. The quantitative estimate of drug-likeness (QED) is 0.462. The van der Waals surface area contributed by atoms with Crippen LogP contribution >= 0.6 is 11.6 Å². The first-order valence-electron chi connectivity index (χ1n) is 13.2. The molecule has 4 rings (SSSR count). The Morgan fingerprint density at radius 1 is 1.05 bits per heavy atom. The number of halogens is 1. The van der Waals surface area contributed by atoms with Crippen LogP contribution in [-0.4, -0.2) is 80.0 Å². The third-order valence-electron chi connectivity index (χ3n) is 7.62. The van der Waals surface area contributed by atoms with E-state index in [-0.39, 0.29) is 35.7 Å². The van der Waals surface area contributed by atoms with Crippen LogP contribution in [0.5, 0.6) is 0 Å². The number of hydrogen-bond donors (Lipinski definition) is 0. The second-order valence-electron chi connectivity index (χ2n) is 10.3. The summed E-state index contributed by atoms with van der Waals surface area (Å²) in [6.45, 7) is 4.19. The van der Waals surface area contributed by atoms with E-state index in [1.54, 1.807) is 17.0 Å². The Morgan fingerprint density at radius 3 is 2.51 bits per heavy atom. The number of hydrogen-bond acceptors (Lipinski definition) is 5. The van der Waals surface area contributed by atoms with Crippen LogP contribution in [-0.2, 0) is 21.2 Å². The average molecular weight is 548 g/mol. The van der Waals surface area contributed by atoms with E-state index in [1.807, 2.05) is 13.0 Å². The van der Waals surface area contributed by atoms with Gasteiger partial charge in [0.05, 0.1) is 10.9 Å². The summed E-state index contributed by atoms with van der Waals surface area (Å²) >= 11 is 5.96. The Bertz CT molecular complexity index is 1130. The molecule has 2 aliphatic heterocycles. The van der Waals surface area contributed by atoms with Gasteiger partial charge in [0.2, 0.25) is 10.0 Å². The van der Waals surface area contributed by atoms with Gasteiger partial charge in [0.15, 0.2) is 0 Å². The fourth-order valence-electron chi connectivity index (χ4n) is 5.45. The number of rotatable bonds is 8. The van der Waals surface area contributed by atoms with Gasteiger partial charge >= 0.3 is 6.09 Å². The molecule has 0 spiro atoms. The zero-order valence-electron chi connectivity index (χ0n) is 21.8. The van der Waals surface area contributed by atoms with E-state index < -0.39 is 10.0 Å². The minimum atomic E-state index is -3.74. The number of likely N-dealkylation sites (N-methyl/N-ethyl adjacent to an activating group) is 1. The van der Waals surface area contributed by atoms with E-state index in [9.17, 15) is 13.2 Å². The summed E-state index contributed by atoms with van der Waals surface area (Å²) in [5.74, 6) is 0. The van der Waals surface area contributed by atoms with Crippen molar-refractivity contribution >= 4 is 27.7 Å². The van der Waals surface area contributed by atoms with E-state index in [1.165, 1.54) is 22.0 Å². The third kappa shape index (κ3) is 7.05. The van der Waals surface area contributed by atoms with Crippen molar-refractivity contribution in [1.29, 1.82) is 0 Å². The molecule has 202 valence electrons. The molecule has 2 aromatic rings. The number of carbonyl (C=O) groups is 1. The first-order valence-corrected chi connectivity index (χ1v) is 15.0. The van der Waals surface area contributed by atoms with Crippen LogP contribution in [0.4, 0.5) is 4.79 Å². The predicted molar refractivity (Wildman–Crippen MR) is 146 cm³/mol. The molecule has 2 saturated heterocycles. The molecular formula is C28H38ClN3O4S. The average Bonchev–Trinajstić information content (AvgIpc) is 2.91. The third-order valence-corrected chi connectivity index (χ3v) is 9.95. The van der Waals surface area contributed by atoms with Crippen molar-refractivity contribution < 1.29 is 17.9 Å². The second kappa shape index (κ2) is 12.6. The molecule has 0 saturated carbocycles. The van der Waals surface area contributed by atoms with Gasteiger partial charge in [0, 0.05) is 36.7 Å². The van der Waals surface area contributed by atoms with Gasteiger partial charge in [-0.15, -0.1) is 0 Å². The Hall–Kier alpha value is -2.13.